The first-order valence-corrected chi connectivity index (χ1v) is 2.76. The first-order valence-electron chi connectivity index (χ1n) is 2.01. The molecule has 0 atom stereocenters. The van der Waals surface area contributed by atoms with Crippen LogP contribution in [0.2, 0.25) is 10.6 Å². The quantitative estimate of drug-likeness (QED) is 0.620. The molecule has 6 heteroatoms. The van der Waals surface area contributed by atoms with Crippen LogP contribution in [0.25, 0.3) is 0 Å². The zero-order valence-corrected chi connectivity index (χ0v) is 5.69. The van der Waals surface area contributed by atoms with Gasteiger partial charge in [0.1, 0.15) is 0 Å². The first kappa shape index (κ1) is 6.51. The van der Waals surface area contributed by atoms with Gasteiger partial charge in [0.25, 0.3) is 0 Å². The number of nitrogens with two attached hydrogens (primary N) is 1. The molecular formula is C3H2Cl2N4. The van der Waals surface area contributed by atoms with Crippen molar-refractivity contribution in [1.29, 1.82) is 0 Å². The standard InChI is InChI=1S/C3H2Cl2N4/c4-1-7-2(5)9-3(6)8-1/h(H2,6,7,8,9)/i1+1,2+1,3+1. The maximum atomic E-state index is 5.32. The van der Waals surface area contributed by atoms with Crippen molar-refractivity contribution < 1.29 is 0 Å². The number of nitrogens with zero attached hydrogens (tertiary/aromatic N) is 3. The van der Waals surface area contributed by atoms with Gasteiger partial charge < -0.3 is 5.73 Å². The lowest BCUT2D eigenvalue weighted by Gasteiger charge is -1.90. The summed E-state index contributed by atoms with van der Waals surface area (Å²) in [7, 11) is 0. The Hall–Kier alpha value is -0.610. The van der Waals surface area contributed by atoms with Crippen LogP contribution in [-0.4, -0.2) is 15.0 Å². The van der Waals surface area contributed by atoms with Gasteiger partial charge in [-0.2, -0.15) is 15.0 Å². The van der Waals surface area contributed by atoms with Crippen LogP contribution in [0.1, 0.15) is 0 Å². The number of anilines is 1. The summed E-state index contributed by atoms with van der Waals surface area (Å²) in [4.78, 5) is 10.4. The zero-order chi connectivity index (χ0) is 6.85. The van der Waals surface area contributed by atoms with Gasteiger partial charge in [-0.3, -0.25) is 0 Å². The second-order valence-electron chi connectivity index (χ2n) is 1.23. The van der Waals surface area contributed by atoms with Gasteiger partial charge in [0.05, 0.1) is 0 Å². The molecule has 1 heterocycles. The van der Waals surface area contributed by atoms with E-state index in [0.717, 1.165) is 0 Å². The molecule has 0 bridgehead atoms. The molecule has 0 aliphatic heterocycles. The Balaban J connectivity index is 3.17. The Morgan fingerprint density at radius 3 is 1.78 bits per heavy atom. The van der Waals surface area contributed by atoms with Crippen LogP contribution < -0.4 is 5.73 Å². The van der Waals surface area contributed by atoms with E-state index >= 15 is 0 Å². The predicted octanol–water partition coefficient (Wildman–Crippen LogP) is 0.761. The normalized spacial score (nSPS) is 9.56. The molecule has 0 spiro atoms. The minimum absolute atomic E-state index is 0.00694. The van der Waals surface area contributed by atoms with Crippen molar-refractivity contribution in [3.8, 4) is 0 Å². The van der Waals surface area contributed by atoms with Crippen LogP contribution in [0.4, 0.5) is 5.95 Å². The van der Waals surface area contributed by atoms with Gasteiger partial charge >= 0.3 is 0 Å². The molecule has 0 unspecified atom stereocenters. The third kappa shape index (κ3) is 1.65. The fourth-order valence-corrected chi connectivity index (χ4v) is 0.717. The highest BCUT2D eigenvalue weighted by atomic mass is 35.5. The molecule has 9 heavy (non-hydrogen) atoms. The molecule has 0 saturated heterocycles. The van der Waals surface area contributed by atoms with E-state index in [0.29, 0.717) is 0 Å². The topological polar surface area (TPSA) is 64.7 Å². The zero-order valence-electron chi connectivity index (χ0n) is 4.17. The number of hydrogen-bond acceptors (Lipinski definition) is 4. The molecule has 1 rings (SSSR count). The predicted molar refractivity (Wildman–Crippen MR) is 34.3 cm³/mol. The molecule has 0 aliphatic carbocycles. The smallest absolute Gasteiger partial charge is 0.228 e. The maximum absolute atomic E-state index is 5.32. The highest BCUT2D eigenvalue weighted by molar-refractivity contribution is 6.31. The van der Waals surface area contributed by atoms with Crippen molar-refractivity contribution in [3.05, 3.63) is 10.6 Å². The fraction of sp³-hybridized carbons (Fsp3) is 0. The van der Waals surface area contributed by atoms with Crippen molar-refractivity contribution in [2.45, 2.75) is 0 Å². The molecule has 0 saturated carbocycles. The Morgan fingerprint density at radius 1 is 1.00 bits per heavy atom. The minimum atomic E-state index is 0.00694. The summed E-state index contributed by atoms with van der Waals surface area (Å²) in [6, 6.07) is 0. The van der Waals surface area contributed by atoms with E-state index in [-0.39, 0.29) is 16.5 Å². The third-order valence-corrected chi connectivity index (χ3v) is 0.936. The number of halogens is 2. The monoisotopic (exact) mass is 167 g/mol. The lowest BCUT2D eigenvalue weighted by atomic mass is 11.7. The number of hydrogen-bond donors (Lipinski definition) is 1. The maximum Gasteiger partial charge on any atom is 0.228 e. The van der Waals surface area contributed by atoms with Gasteiger partial charge in [0, 0.05) is 0 Å². The summed E-state index contributed by atoms with van der Waals surface area (Å²) in [5, 5.41) is 0.0139. The van der Waals surface area contributed by atoms with Gasteiger partial charge in [0.2, 0.25) is 16.5 Å². The summed E-state index contributed by atoms with van der Waals surface area (Å²) in [5.74, 6) is 0.0278. The van der Waals surface area contributed by atoms with Crippen molar-refractivity contribution in [2.24, 2.45) is 0 Å². The molecule has 1 aromatic heterocycles. The van der Waals surface area contributed by atoms with Crippen LogP contribution in [0, 0.1) is 0 Å². The van der Waals surface area contributed by atoms with E-state index in [4.69, 9.17) is 28.9 Å². The molecule has 0 aromatic carbocycles. The van der Waals surface area contributed by atoms with Crippen molar-refractivity contribution in [3.63, 3.8) is 0 Å². The van der Waals surface area contributed by atoms with Crippen LogP contribution in [0.15, 0.2) is 0 Å². The minimum Gasteiger partial charge on any atom is -0.368 e. The van der Waals surface area contributed by atoms with Crippen molar-refractivity contribution in [1.82, 2.24) is 15.0 Å². The number of nitrogen functional groups attached to an aromatic ring is 1. The van der Waals surface area contributed by atoms with Gasteiger partial charge in [-0.1, -0.05) is 0 Å². The van der Waals surface area contributed by atoms with Gasteiger partial charge in [-0.05, 0) is 23.2 Å². The van der Waals surface area contributed by atoms with Crippen LogP contribution in [0.5, 0.6) is 0 Å². The molecule has 0 radical (unpaired) electrons. The third-order valence-electron chi connectivity index (χ3n) is 0.598. The number of aromatic nitrogens is 3. The van der Waals surface area contributed by atoms with E-state index in [1.807, 2.05) is 0 Å². The van der Waals surface area contributed by atoms with E-state index in [1.165, 1.54) is 0 Å². The molecule has 0 aliphatic rings. The van der Waals surface area contributed by atoms with Gasteiger partial charge in [-0.15, -0.1) is 0 Å². The highest BCUT2D eigenvalue weighted by Crippen LogP contribution is 2.05. The Morgan fingerprint density at radius 2 is 1.44 bits per heavy atom. The first-order chi connectivity index (χ1) is 4.18. The molecule has 1 aromatic rings. The largest absolute Gasteiger partial charge is 0.368 e. The summed E-state index contributed by atoms with van der Waals surface area (Å²) in [6.07, 6.45) is 0. The Bertz CT molecular complexity index is 175. The van der Waals surface area contributed by atoms with Gasteiger partial charge in [0.15, 0.2) is 0 Å². The van der Waals surface area contributed by atoms with Gasteiger partial charge in [-0.25, -0.2) is 0 Å². The Kier molecular flexibility index (Phi) is 1.68. The van der Waals surface area contributed by atoms with Crippen LogP contribution in [-0.2, 0) is 0 Å². The van der Waals surface area contributed by atoms with Crippen LogP contribution >= 0.6 is 23.2 Å². The van der Waals surface area contributed by atoms with Crippen LogP contribution in [0.3, 0.4) is 0 Å². The molecule has 0 amide bonds. The lowest BCUT2D eigenvalue weighted by molar-refractivity contribution is 1.06. The van der Waals surface area contributed by atoms with E-state index in [2.05, 4.69) is 15.0 Å². The van der Waals surface area contributed by atoms with E-state index in [1.54, 1.807) is 0 Å². The highest BCUT2D eigenvalue weighted by Gasteiger charge is 1.96. The molecular weight excluding hydrogens is 166 g/mol. The average molecular weight is 168 g/mol. The van der Waals surface area contributed by atoms with Crippen molar-refractivity contribution in [2.75, 3.05) is 5.73 Å². The summed E-state index contributed by atoms with van der Waals surface area (Å²) >= 11 is 10.6. The fourth-order valence-electron chi connectivity index (χ4n) is 0.340. The second kappa shape index (κ2) is 2.33. The second-order valence-corrected chi connectivity index (χ2v) is 1.91. The lowest BCUT2D eigenvalue weighted by Crippen LogP contribution is -1.96. The SMILES string of the molecule is N[13c]1n[13c](Cl)n[13c](Cl)n1. The molecule has 48 valence electrons. The average Bonchev–Trinajstić information content (AvgIpc) is 1.59. The van der Waals surface area contributed by atoms with E-state index < -0.39 is 0 Å². The summed E-state index contributed by atoms with van der Waals surface area (Å²) in [5.41, 5.74) is 5.13. The Labute approximate surface area is 61.0 Å². The molecule has 4 nitrogen and oxygen atoms in total. The molecule has 0 fully saturated rings. The molecule has 2 N–H and O–H groups in total. The summed E-state index contributed by atoms with van der Waals surface area (Å²) < 4.78 is 0. The van der Waals surface area contributed by atoms with Crippen molar-refractivity contribution >= 4 is 29.2 Å². The summed E-state index contributed by atoms with van der Waals surface area (Å²) in [6.45, 7) is 0. The van der Waals surface area contributed by atoms with E-state index in [9.17, 15) is 0 Å². The number of rotatable bonds is 0.